The van der Waals surface area contributed by atoms with E-state index in [-0.39, 0.29) is 5.91 Å². The average Bonchev–Trinajstić information content (AvgIpc) is 2.60. The molecule has 0 aliphatic carbocycles. The van der Waals surface area contributed by atoms with Crippen molar-refractivity contribution in [3.8, 4) is 11.6 Å². The third-order valence-corrected chi connectivity index (χ3v) is 3.80. The Morgan fingerprint density at radius 3 is 2.46 bits per heavy atom. The zero-order valence-corrected chi connectivity index (χ0v) is 15.4. The molecule has 2 N–H and O–H groups in total. The van der Waals surface area contributed by atoms with Crippen molar-refractivity contribution in [3.63, 3.8) is 0 Å². The molecule has 0 fully saturated rings. The highest BCUT2D eigenvalue weighted by Crippen LogP contribution is 2.22. The third-order valence-electron chi connectivity index (χ3n) is 3.19. The molecule has 1 heterocycles. The summed E-state index contributed by atoms with van der Waals surface area (Å²) >= 11 is 0. The van der Waals surface area contributed by atoms with Gasteiger partial charge in [0.2, 0.25) is 15.9 Å². The van der Waals surface area contributed by atoms with Gasteiger partial charge in [0.15, 0.2) is 0 Å². The number of sulfonamides is 1. The summed E-state index contributed by atoms with van der Waals surface area (Å²) in [6.45, 7) is 1.11. The Bertz CT molecular complexity index is 820. The lowest BCUT2D eigenvalue weighted by molar-refractivity contribution is 0.0948. The minimum absolute atomic E-state index is 0.212. The molecule has 0 atom stereocenters. The van der Waals surface area contributed by atoms with Crippen LogP contribution in [0.15, 0.2) is 42.6 Å². The summed E-state index contributed by atoms with van der Waals surface area (Å²) in [5, 5.41) is 2.77. The van der Waals surface area contributed by atoms with Gasteiger partial charge in [-0.05, 0) is 36.8 Å². The van der Waals surface area contributed by atoms with Gasteiger partial charge in [-0.2, -0.15) is 0 Å². The Balaban J connectivity index is 1.91. The van der Waals surface area contributed by atoms with E-state index in [4.69, 9.17) is 9.47 Å². The molecule has 1 amide bonds. The van der Waals surface area contributed by atoms with Crippen LogP contribution >= 0.6 is 0 Å². The Labute approximate surface area is 152 Å². The molecule has 0 saturated carbocycles. The highest BCUT2D eigenvalue weighted by molar-refractivity contribution is 7.92. The second-order valence-electron chi connectivity index (χ2n) is 5.49. The summed E-state index contributed by atoms with van der Waals surface area (Å²) in [5.74, 6) is 0.606. The lowest BCUT2D eigenvalue weighted by Gasteiger charge is -2.08. The number of carbonyl (C=O) groups is 1. The first-order chi connectivity index (χ1) is 12.4. The van der Waals surface area contributed by atoms with E-state index in [9.17, 15) is 13.2 Å². The number of methoxy groups -OCH3 is 1. The monoisotopic (exact) mass is 379 g/mol. The maximum Gasteiger partial charge on any atom is 0.252 e. The molecule has 0 spiro atoms. The predicted octanol–water partition coefficient (Wildman–Crippen LogP) is 2.01. The van der Waals surface area contributed by atoms with Gasteiger partial charge in [0.05, 0.1) is 11.8 Å². The summed E-state index contributed by atoms with van der Waals surface area (Å²) in [4.78, 5) is 16.0. The van der Waals surface area contributed by atoms with Crippen molar-refractivity contribution in [2.75, 3.05) is 31.2 Å². The van der Waals surface area contributed by atoms with Crippen molar-refractivity contribution in [2.24, 2.45) is 0 Å². The van der Waals surface area contributed by atoms with E-state index in [1.54, 1.807) is 43.5 Å². The lowest BCUT2D eigenvalue weighted by atomic mass is 10.2. The van der Waals surface area contributed by atoms with Gasteiger partial charge >= 0.3 is 0 Å². The second-order valence-corrected chi connectivity index (χ2v) is 7.24. The van der Waals surface area contributed by atoms with Crippen LogP contribution in [0, 0.1) is 0 Å². The first kappa shape index (κ1) is 19.7. The standard InChI is InChI=1S/C17H21N3O5S/c1-24-11-3-10-18-17(21)13-4-9-16(19-12-13)25-15-7-5-14(6-8-15)20-26(2,22)23/h4-9,12,20H,3,10-11H2,1-2H3,(H,18,21). The molecule has 1 aromatic heterocycles. The number of rotatable bonds is 9. The molecule has 8 nitrogen and oxygen atoms in total. The quantitative estimate of drug-likeness (QED) is 0.646. The molecular formula is C17H21N3O5S. The molecule has 0 aliphatic heterocycles. The number of amides is 1. The molecule has 1 aromatic carbocycles. The molecule has 140 valence electrons. The number of pyridine rings is 1. The van der Waals surface area contributed by atoms with E-state index < -0.39 is 10.0 Å². The van der Waals surface area contributed by atoms with Crippen LogP contribution in [0.3, 0.4) is 0 Å². The molecule has 0 aliphatic rings. The van der Waals surface area contributed by atoms with E-state index in [1.165, 1.54) is 6.20 Å². The van der Waals surface area contributed by atoms with Gasteiger partial charge in [-0.15, -0.1) is 0 Å². The fraction of sp³-hybridized carbons (Fsp3) is 0.294. The lowest BCUT2D eigenvalue weighted by Crippen LogP contribution is -2.25. The number of nitrogens with zero attached hydrogens (tertiary/aromatic N) is 1. The highest BCUT2D eigenvalue weighted by Gasteiger charge is 2.07. The molecule has 0 saturated heterocycles. The van der Waals surface area contributed by atoms with Gasteiger partial charge in [0, 0.05) is 38.2 Å². The number of ether oxygens (including phenoxy) is 2. The zero-order chi connectivity index (χ0) is 19.0. The highest BCUT2D eigenvalue weighted by atomic mass is 32.2. The normalized spacial score (nSPS) is 11.0. The van der Waals surface area contributed by atoms with Crippen LogP contribution < -0.4 is 14.8 Å². The van der Waals surface area contributed by atoms with Crippen LogP contribution in [0.25, 0.3) is 0 Å². The number of nitrogens with one attached hydrogen (secondary N) is 2. The van der Waals surface area contributed by atoms with Gasteiger partial charge in [-0.3, -0.25) is 9.52 Å². The number of hydrogen-bond donors (Lipinski definition) is 2. The van der Waals surface area contributed by atoms with Crippen LogP contribution in [0.2, 0.25) is 0 Å². The third kappa shape index (κ3) is 6.69. The van der Waals surface area contributed by atoms with Gasteiger partial charge in [-0.25, -0.2) is 13.4 Å². The van der Waals surface area contributed by atoms with Crippen molar-refractivity contribution in [1.82, 2.24) is 10.3 Å². The van der Waals surface area contributed by atoms with Gasteiger partial charge in [0.1, 0.15) is 5.75 Å². The Hall–Kier alpha value is -2.65. The molecule has 0 bridgehead atoms. The minimum atomic E-state index is -3.32. The molecule has 26 heavy (non-hydrogen) atoms. The smallest absolute Gasteiger partial charge is 0.252 e. The average molecular weight is 379 g/mol. The Morgan fingerprint density at radius 1 is 1.15 bits per heavy atom. The van der Waals surface area contributed by atoms with Crippen LogP contribution in [0.1, 0.15) is 16.8 Å². The van der Waals surface area contributed by atoms with Crippen molar-refractivity contribution >= 4 is 21.6 Å². The van der Waals surface area contributed by atoms with Crippen LogP contribution in [0.4, 0.5) is 5.69 Å². The van der Waals surface area contributed by atoms with E-state index >= 15 is 0 Å². The van der Waals surface area contributed by atoms with Crippen LogP contribution in [-0.4, -0.2) is 45.8 Å². The van der Waals surface area contributed by atoms with Crippen molar-refractivity contribution < 1.29 is 22.7 Å². The molecule has 2 aromatic rings. The number of hydrogen-bond acceptors (Lipinski definition) is 6. The number of carbonyl (C=O) groups excluding carboxylic acids is 1. The molecule has 2 rings (SSSR count). The fourth-order valence-electron chi connectivity index (χ4n) is 2.02. The Morgan fingerprint density at radius 2 is 1.88 bits per heavy atom. The van der Waals surface area contributed by atoms with E-state index in [2.05, 4.69) is 15.0 Å². The first-order valence-electron chi connectivity index (χ1n) is 7.86. The maximum absolute atomic E-state index is 11.9. The number of aromatic nitrogens is 1. The van der Waals surface area contributed by atoms with E-state index in [1.807, 2.05) is 0 Å². The van der Waals surface area contributed by atoms with Gasteiger partial charge in [0.25, 0.3) is 5.91 Å². The maximum atomic E-state index is 11.9. The summed E-state index contributed by atoms with van der Waals surface area (Å²) in [7, 11) is -1.71. The predicted molar refractivity (Wildman–Crippen MR) is 98.0 cm³/mol. The SMILES string of the molecule is COCCCNC(=O)c1ccc(Oc2ccc(NS(C)(=O)=O)cc2)nc1. The first-order valence-corrected chi connectivity index (χ1v) is 9.75. The number of benzene rings is 1. The van der Waals surface area contributed by atoms with E-state index in [0.29, 0.717) is 36.0 Å². The van der Waals surface area contributed by atoms with Crippen molar-refractivity contribution in [1.29, 1.82) is 0 Å². The second kappa shape index (κ2) is 9.16. The fourth-order valence-corrected chi connectivity index (χ4v) is 2.59. The van der Waals surface area contributed by atoms with Crippen LogP contribution in [-0.2, 0) is 14.8 Å². The summed E-state index contributed by atoms with van der Waals surface area (Å²) in [6.07, 6.45) is 3.25. The summed E-state index contributed by atoms with van der Waals surface area (Å²) in [5.41, 5.74) is 0.871. The molecule has 0 unspecified atom stereocenters. The number of anilines is 1. The molecule has 0 radical (unpaired) electrons. The topological polar surface area (TPSA) is 107 Å². The largest absolute Gasteiger partial charge is 0.439 e. The minimum Gasteiger partial charge on any atom is -0.439 e. The van der Waals surface area contributed by atoms with E-state index in [0.717, 1.165) is 12.7 Å². The van der Waals surface area contributed by atoms with Crippen molar-refractivity contribution in [3.05, 3.63) is 48.2 Å². The molecular weight excluding hydrogens is 358 g/mol. The zero-order valence-electron chi connectivity index (χ0n) is 14.6. The van der Waals surface area contributed by atoms with Gasteiger partial charge < -0.3 is 14.8 Å². The Kier molecular flexibility index (Phi) is 6.93. The summed E-state index contributed by atoms with van der Waals surface area (Å²) in [6, 6.07) is 9.61. The van der Waals surface area contributed by atoms with Crippen LogP contribution in [0.5, 0.6) is 11.6 Å². The van der Waals surface area contributed by atoms with Gasteiger partial charge in [-0.1, -0.05) is 0 Å². The van der Waals surface area contributed by atoms with Crippen molar-refractivity contribution in [2.45, 2.75) is 6.42 Å². The molecule has 9 heteroatoms. The summed E-state index contributed by atoms with van der Waals surface area (Å²) < 4.78 is 35.2.